The molecule has 0 aliphatic heterocycles. The number of halogens is 2. The molecule has 1 heterocycles. The summed E-state index contributed by atoms with van der Waals surface area (Å²) in [6, 6.07) is 17.5. The molecule has 0 saturated carbocycles. The summed E-state index contributed by atoms with van der Waals surface area (Å²) in [5.74, 6) is 0. The highest BCUT2D eigenvalue weighted by Crippen LogP contribution is 2.29. The van der Waals surface area contributed by atoms with Crippen LogP contribution in [0.2, 0.25) is 10.0 Å². The fraction of sp³-hybridized carbons (Fsp3) is 0.100. The molecule has 0 bridgehead atoms. The molecule has 2 N–H and O–H groups in total. The van der Waals surface area contributed by atoms with Crippen molar-refractivity contribution in [2.24, 2.45) is 0 Å². The molecular formula is C20H17Cl2N3S. The van der Waals surface area contributed by atoms with Gasteiger partial charge in [0, 0.05) is 18.3 Å². The van der Waals surface area contributed by atoms with Gasteiger partial charge in [0.1, 0.15) is 0 Å². The Balaban J connectivity index is 1.73. The number of hydrogen-bond donors (Lipinski definition) is 2. The lowest BCUT2D eigenvalue weighted by Crippen LogP contribution is -2.28. The molecule has 0 spiro atoms. The first-order chi connectivity index (χ1) is 12.6. The van der Waals surface area contributed by atoms with Gasteiger partial charge in [0.25, 0.3) is 0 Å². The standard InChI is InChI=1S/C20H17Cl2N3S/c1-13-6-2-3-8-15(13)19-14(7-5-11-23-19)12-24-20(26)25-17-10-4-9-16(21)18(17)22/h2-11H,12H2,1H3,(H2,24,25,26). The van der Waals surface area contributed by atoms with E-state index >= 15 is 0 Å². The molecular weight excluding hydrogens is 385 g/mol. The van der Waals surface area contributed by atoms with Gasteiger partial charge in [0.2, 0.25) is 0 Å². The average Bonchev–Trinajstić information content (AvgIpc) is 2.65. The summed E-state index contributed by atoms with van der Waals surface area (Å²) >= 11 is 17.6. The minimum Gasteiger partial charge on any atom is -0.358 e. The van der Waals surface area contributed by atoms with Gasteiger partial charge in [-0.2, -0.15) is 0 Å². The number of thiocarbonyl (C=S) groups is 1. The summed E-state index contributed by atoms with van der Waals surface area (Å²) in [5, 5.41) is 7.67. The minimum atomic E-state index is 0.445. The number of hydrogen-bond acceptors (Lipinski definition) is 2. The van der Waals surface area contributed by atoms with Crippen LogP contribution in [0.1, 0.15) is 11.1 Å². The van der Waals surface area contributed by atoms with E-state index in [1.807, 2.05) is 36.4 Å². The van der Waals surface area contributed by atoms with Crippen LogP contribution in [0.3, 0.4) is 0 Å². The van der Waals surface area contributed by atoms with E-state index in [2.05, 4.69) is 34.7 Å². The topological polar surface area (TPSA) is 37.0 Å². The minimum absolute atomic E-state index is 0.445. The largest absolute Gasteiger partial charge is 0.358 e. The van der Waals surface area contributed by atoms with E-state index in [4.69, 9.17) is 35.4 Å². The van der Waals surface area contributed by atoms with Crippen molar-refractivity contribution in [3.8, 4) is 11.3 Å². The lowest BCUT2D eigenvalue weighted by Gasteiger charge is -2.14. The Morgan fingerprint density at radius 1 is 1.04 bits per heavy atom. The maximum absolute atomic E-state index is 6.19. The van der Waals surface area contributed by atoms with Crippen LogP contribution < -0.4 is 10.6 Å². The first-order valence-electron chi connectivity index (χ1n) is 8.05. The predicted molar refractivity (Wildman–Crippen MR) is 114 cm³/mol. The molecule has 3 nitrogen and oxygen atoms in total. The summed E-state index contributed by atoms with van der Waals surface area (Å²) in [6.45, 7) is 2.62. The molecule has 0 aliphatic carbocycles. The smallest absolute Gasteiger partial charge is 0.171 e. The van der Waals surface area contributed by atoms with E-state index in [1.165, 1.54) is 5.56 Å². The van der Waals surface area contributed by atoms with Crippen molar-refractivity contribution in [3.05, 3.63) is 82.0 Å². The molecule has 26 heavy (non-hydrogen) atoms. The van der Waals surface area contributed by atoms with Gasteiger partial charge in [-0.25, -0.2) is 0 Å². The van der Waals surface area contributed by atoms with Gasteiger partial charge in [-0.1, -0.05) is 59.6 Å². The monoisotopic (exact) mass is 401 g/mol. The van der Waals surface area contributed by atoms with Crippen molar-refractivity contribution in [3.63, 3.8) is 0 Å². The van der Waals surface area contributed by atoms with Gasteiger partial charge in [-0.05, 0) is 48.5 Å². The Morgan fingerprint density at radius 3 is 2.65 bits per heavy atom. The molecule has 0 radical (unpaired) electrons. The van der Waals surface area contributed by atoms with Crippen LogP contribution in [0.5, 0.6) is 0 Å². The quantitative estimate of drug-likeness (QED) is 0.537. The van der Waals surface area contributed by atoms with E-state index in [-0.39, 0.29) is 0 Å². The zero-order valence-electron chi connectivity index (χ0n) is 14.1. The summed E-state index contributed by atoms with van der Waals surface area (Å²) in [4.78, 5) is 4.56. The molecule has 0 aliphatic rings. The second-order valence-corrected chi connectivity index (χ2v) is 6.93. The maximum Gasteiger partial charge on any atom is 0.171 e. The van der Waals surface area contributed by atoms with Crippen molar-refractivity contribution < 1.29 is 0 Å². The van der Waals surface area contributed by atoms with Crippen molar-refractivity contribution in [1.82, 2.24) is 10.3 Å². The fourth-order valence-corrected chi connectivity index (χ4v) is 3.13. The number of nitrogens with zero attached hydrogens (tertiary/aromatic N) is 1. The van der Waals surface area contributed by atoms with Crippen molar-refractivity contribution in [1.29, 1.82) is 0 Å². The SMILES string of the molecule is Cc1ccccc1-c1ncccc1CNC(=S)Nc1cccc(Cl)c1Cl. The van der Waals surface area contributed by atoms with Crippen LogP contribution >= 0.6 is 35.4 Å². The van der Waals surface area contributed by atoms with E-state index in [0.29, 0.717) is 27.4 Å². The lowest BCUT2D eigenvalue weighted by molar-refractivity contribution is 0.919. The first-order valence-corrected chi connectivity index (χ1v) is 9.21. The number of nitrogens with one attached hydrogen (secondary N) is 2. The molecule has 0 saturated heterocycles. The van der Waals surface area contributed by atoms with Crippen LogP contribution in [-0.4, -0.2) is 10.1 Å². The molecule has 1 aromatic heterocycles. The highest BCUT2D eigenvalue weighted by Gasteiger charge is 2.10. The third-order valence-corrected chi connectivity index (χ3v) is 5.00. The average molecular weight is 402 g/mol. The highest BCUT2D eigenvalue weighted by molar-refractivity contribution is 7.80. The molecule has 6 heteroatoms. The Kier molecular flexibility index (Phi) is 6.09. The maximum atomic E-state index is 6.19. The third-order valence-electron chi connectivity index (χ3n) is 3.93. The molecule has 0 amide bonds. The highest BCUT2D eigenvalue weighted by atomic mass is 35.5. The summed E-state index contributed by atoms with van der Waals surface area (Å²) < 4.78 is 0. The Bertz CT molecular complexity index is 944. The molecule has 3 aromatic rings. The number of aromatic nitrogens is 1. The van der Waals surface area contributed by atoms with E-state index < -0.39 is 0 Å². The van der Waals surface area contributed by atoms with Crippen molar-refractivity contribution in [2.45, 2.75) is 13.5 Å². The molecule has 2 aromatic carbocycles. The number of rotatable bonds is 4. The Labute approximate surface area is 168 Å². The summed E-state index contributed by atoms with van der Waals surface area (Å²) in [5.41, 5.74) is 4.97. The normalized spacial score (nSPS) is 10.4. The third kappa shape index (κ3) is 4.33. The van der Waals surface area contributed by atoms with E-state index in [1.54, 1.807) is 12.3 Å². The summed E-state index contributed by atoms with van der Waals surface area (Å²) in [6.07, 6.45) is 1.80. The van der Waals surface area contributed by atoms with Gasteiger partial charge in [0.15, 0.2) is 5.11 Å². The Hall–Kier alpha value is -2.14. The van der Waals surface area contributed by atoms with Crippen LogP contribution in [0.4, 0.5) is 5.69 Å². The van der Waals surface area contributed by atoms with Gasteiger partial charge in [-0.15, -0.1) is 0 Å². The van der Waals surface area contributed by atoms with Gasteiger partial charge < -0.3 is 10.6 Å². The zero-order valence-corrected chi connectivity index (χ0v) is 16.4. The molecule has 3 rings (SSSR count). The number of aryl methyl sites for hydroxylation is 1. The van der Waals surface area contributed by atoms with Crippen LogP contribution in [-0.2, 0) is 6.54 Å². The first kappa shape index (κ1) is 18.6. The van der Waals surface area contributed by atoms with E-state index in [0.717, 1.165) is 16.8 Å². The second-order valence-electron chi connectivity index (χ2n) is 5.74. The predicted octanol–water partition coefficient (Wildman–Crippen LogP) is 5.85. The summed E-state index contributed by atoms with van der Waals surface area (Å²) in [7, 11) is 0. The zero-order chi connectivity index (χ0) is 18.5. The molecule has 0 unspecified atom stereocenters. The number of anilines is 1. The fourth-order valence-electron chi connectivity index (χ4n) is 2.60. The van der Waals surface area contributed by atoms with Crippen LogP contribution in [0.15, 0.2) is 60.8 Å². The number of benzene rings is 2. The second kappa shape index (κ2) is 8.49. The van der Waals surface area contributed by atoms with Crippen molar-refractivity contribution in [2.75, 3.05) is 5.32 Å². The molecule has 132 valence electrons. The van der Waals surface area contributed by atoms with Gasteiger partial charge in [-0.3, -0.25) is 4.98 Å². The van der Waals surface area contributed by atoms with Crippen LogP contribution in [0.25, 0.3) is 11.3 Å². The van der Waals surface area contributed by atoms with Crippen LogP contribution in [0, 0.1) is 6.92 Å². The van der Waals surface area contributed by atoms with E-state index in [9.17, 15) is 0 Å². The van der Waals surface area contributed by atoms with Gasteiger partial charge in [0.05, 0.1) is 21.4 Å². The van der Waals surface area contributed by atoms with Gasteiger partial charge >= 0.3 is 0 Å². The van der Waals surface area contributed by atoms with Crippen molar-refractivity contribution >= 4 is 46.2 Å². The Morgan fingerprint density at radius 2 is 1.85 bits per heavy atom. The molecule has 0 atom stereocenters. The lowest BCUT2D eigenvalue weighted by atomic mass is 10.0. The molecule has 0 fully saturated rings. The number of pyridine rings is 1.